The lowest BCUT2D eigenvalue weighted by atomic mass is 10.0. The highest BCUT2D eigenvalue weighted by atomic mass is 19.1. The van der Waals surface area contributed by atoms with Gasteiger partial charge in [0.25, 0.3) is 0 Å². The maximum atomic E-state index is 13.3. The first-order chi connectivity index (χ1) is 14.7. The van der Waals surface area contributed by atoms with Gasteiger partial charge in [-0.15, -0.1) is 0 Å². The lowest BCUT2D eigenvalue weighted by Gasteiger charge is -2.35. The largest absolute Gasteiger partial charge is 0.454 e. The molecule has 0 aliphatic carbocycles. The van der Waals surface area contributed by atoms with Crippen LogP contribution in [-0.2, 0) is 24.4 Å². The van der Waals surface area contributed by atoms with Gasteiger partial charge in [0.2, 0.25) is 6.79 Å². The first-order valence-corrected chi connectivity index (χ1v) is 10.2. The number of likely N-dealkylation sites (tertiary alicyclic amines) is 1. The van der Waals surface area contributed by atoms with E-state index in [9.17, 15) is 4.39 Å². The molecule has 3 aliphatic rings. The standard InChI is InChI=1S/C23H22FN3O3/c24-18-4-2-17(3-5-18)19-10-25-22-12-30-23(14-27(19)22)7-8-26(13-23)11-16-1-6-20-21(9-16)29-15-28-20/h1-6,9-10H,7-8,11-15H2/t23-/m0/s1. The highest BCUT2D eigenvalue weighted by molar-refractivity contribution is 5.59. The number of rotatable bonds is 3. The summed E-state index contributed by atoms with van der Waals surface area (Å²) in [5, 5.41) is 0. The van der Waals surface area contributed by atoms with Crippen molar-refractivity contribution in [3.8, 4) is 22.8 Å². The molecule has 2 aromatic carbocycles. The van der Waals surface area contributed by atoms with Gasteiger partial charge in [-0.1, -0.05) is 6.07 Å². The fraction of sp³-hybridized carbons (Fsp3) is 0.348. The molecule has 0 N–H and O–H groups in total. The molecule has 0 bridgehead atoms. The van der Waals surface area contributed by atoms with Gasteiger partial charge in [0.05, 0.1) is 18.4 Å². The van der Waals surface area contributed by atoms with Crippen LogP contribution < -0.4 is 9.47 Å². The summed E-state index contributed by atoms with van der Waals surface area (Å²) in [5.74, 6) is 2.33. The zero-order valence-corrected chi connectivity index (χ0v) is 16.5. The molecule has 7 heteroatoms. The zero-order valence-electron chi connectivity index (χ0n) is 16.5. The maximum absolute atomic E-state index is 13.3. The Kier molecular flexibility index (Phi) is 4.07. The van der Waals surface area contributed by atoms with E-state index in [0.29, 0.717) is 13.4 Å². The normalized spacial score (nSPS) is 22.6. The lowest BCUT2D eigenvalue weighted by molar-refractivity contribution is -0.0821. The number of imidazole rings is 1. The molecular formula is C23H22FN3O3. The molecule has 0 saturated carbocycles. The van der Waals surface area contributed by atoms with E-state index < -0.39 is 0 Å². The van der Waals surface area contributed by atoms with Crippen molar-refractivity contribution in [2.75, 3.05) is 19.9 Å². The average molecular weight is 407 g/mol. The van der Waals surface area contributed by atoms with Gasteiger partial charge >= 0.3 is 0 Å². The fourth-order valence-corrected chi connectivity index (χ4v) is 4.71. The molecule has 30 heavy (non-hydrogen) atoms. The molecule has 6 nitrogen and oxygen atoms in total. The Bertz CT molecular complexity index is 1100. The van der Waals surface area contributed by atoms with Crippen LogP contribution in [0.25, 0.3) is 11.3 Å². The van der Waals surface area contributed by atoms with E-state index in [0.717, 1.165) is 61.2 Å². The quantitative estimate of drug-likeness (QED) is 0.664. The van der Waals surface area contributed by atoms with Crippen molar-refractivity contribution in [2.24, 2.45) is 0 Å². The van der Waals surface area contributed by atoms with E-state index in [1.807, 2.05) is 24.4 Å². The summed E-state index contributed by atoms with van der Waals surface area (Å²) in [6, 6.07) is 12.7. The van der Waals surface area contributed by atoms with Crippen molar-refractivity contribution in [1.82, 2.24) is 14.5 Å². The van der Waals surface area contributed by atoms with Gasteiger partial charge in [0.15, 0.2) is 11.5 Å². The van der Waals surface area contributed by atoms with E-state index in [1.165, 1.54) is 17.7 Å². The number of benzene rings is 2. The second-order valence-electron chi connectivity index (χ2n) is 8.27. The van der Waals surface area contributed by atoms with Gasteiger partial charge < -0.3 is 18.8 Å². The monoisotopic (exact) mass is 407 g/mol. The Hall–Kier alpha value is -2.90. The molecule has 154 valence electrons. The average Bonchev–Trinajstić information content (AvgIpc) is 3.47. The van der Waals surface area contributed by atoms with Crippen LogP contribution >= 0.6 is 0 Å². The molecule has 1 fully saturated rings. The van der Waals surface area contributed by atoms with Crippen LogP contribution in [0.5, 0.6) is 11.5 Å². The summed E-state index contributed by atoms with van der Waals surface area (Å²) in [5.41, 5.74) is 2.98. The summed E-state index contributed by atoms with van der Waals surface area (Å²) in [4.78, 5) is 6.96. The van der Waals surface area contributed by atoms with Crippen LogP contribution in [0, 0.1) is 5.82 Å². The summed E-state index contributed by atoms with van der Waals surface area (Å²) in [6.07, 6.45) is 2.84. The number of nitrogens with zero attached hydrogens (tertiary/aromatic N) is 3. The molecule has 4 heterocycles. The molecule has 0 radical (unpaired) electrons. The van der Waals surface area contributed by atoms with Crippen molar-refractivity contribution in [1.29, 1.82) is 0 Å². The van der Waals surface area contributed by atoms with Crippen LogP contribution in [0.2, 0.25) is 0 Å². The molecular weight excluding hydrogens is 385 g/mol. The predicted octanol–water partition coefficient (Wildman–Crippen LogP) is 3.59. The third-order valence-corrected chi connectivity index (χ3v) is 6.27. The van der Waals surface area contributed by atoms with Gasteiger partial charge in [0.1, 0.15) is 23.8 Å². The fourth-order valence-electron chi connectivity index (χ4n) is 4.71. The minimum Gasteiger partial charge on any atom is -0.454 e. The molecule has 0 unspecified atom stereocenters. The minimum atomic E-state index is -0.230. The van der Waals surface area contributed by atoms with Crippen molar-refractivity contribution in [3.05, 3.63) is 65.9 Å². The molecule has 0 amide bonds. The van der Waals surface area contributed by atoms with Crippen LogP contribution in [0.4, 0.5) is 4.39 Å². The van der Waals surface area contributed by atoms with Gasteiger partial charge in [-0.05, 0) is 53.9 Å². The Balaban J connectivity index is 1.20. The van der Waals surface area contributed by atoms with E-state index >= 15 is 0 Å². The van der Waals surface area contributed by atoms with Gasteiger partial charge in [-0.25, -0.2) is 9.37 Å². The maximum Gasteiger partial charge on any atom is 0.231 e. The highest BCUT2D eigenvalue weighted by Crippen LogP contribution is 2.37. The molecule has 3 aliphatic heterocycles. The van der Waals surface area contributed by atoms with Gasteiger partial charge in [0, 0.05) is 19.6 Å². The topological polar surface area (TPSA) is 48.8 Å². The van der Waals surface area contributed by atoms with Crippen LogP contribution in [0.3, 0.4) is 0 Å². The lowest BCUT2D eigenvalue weighted by Crippen LogP contribution is -2.44. The van der Waals surface area contributed by atoms with E-state index in [4.69, 9.17) is 14.2 Å². The van der Waals surface area contributed by atoms with E-state index in [-0.39, 0.29) is 11.4 Å². The molecule has 6 rings (SSSR count). The SMILES string of the molecule is Fc1ccc(-c2cnc3n2C[C@@]2(CCN(Cc4ccc5c(c4)OCO5)C2)OC3)cc1. The first kappa shape index (κ1) is 17.9. The smallest absolute Gasteiger partial charge is 0.231 e. The Labute approximate surface area is 173 Å². The summed E-state index contributed by atoms with van der Waals surface area (Å²) >= 11 is 0. The van der Waals surface area contributed by atoms with E-state index in [1.54, 1.807) is 0 Å². The molecule has 1 aromatic heterocycles. The number of hydrogen-bond acceptors (Lipinski definition) is 5. The number of ether oxygens (including phenoxy) is 3. The van der Waals surface area contributed by atoms with E-state index in [2.05, 4.69) is 26.6 Å². The molecule has 1 saturated heterocycles. The predicted molar refractivity (Wildman–Crippen MR) is 108 cm³/mol. The number of halogens is 1. The Morgan fingerprint density at radius 3 is 2.80 bits per heavy atom. The summed E-state index contributed by atoms with van der Waals surface area (Å²) < 4.78 is 32.8. The third-order valence-electron chi connectivity index (χ3n) is 6.27. The van der Waals surface area contributed by atoms with Crippen LogP contribution in [0.15, 0.2) is 48.7 Å². The Morgan fingerprint density at radius 2 is 1.90 bits per heavy atom. The first-order valence-electron chi connectivity index (χ1n) is 10.2. The van der Waals surface area contributed by atoms with Crippen molar-refractivity contribution in [2.45, 2.75) is 31.7 Å². The Morgan fingerprint density at radius 1 is 1.03 bits per heavy atom. The minimum absolute atomic E-state index is 0.223. The molecule has 1 atom stereocenters. The van der Waals surface area contributed by atoms with Gasteiger partial charge in [-0.2, -0.15) is 0 Å². The molecule has 1 spiro atoms. The van der Waals surface area contributed by atoms with Crippen molar-refractivity contribution >= 4 is 0 Å². The summed E-state index contributed by atoms with van der Waals surface area (Å²) in [7, 11) is 0. The summed E-state index contributed by atoms with van der Waals surface area (Å²) in [6.45, 7) is 4.24. The van der Waals surface area contributed by atoms with Crippen molar-refractivity contribution < 1.29 is 18.6 Å². The van der Waals surface area contributed by atoms with Crippen LogP contribution in [0.1, 0.15) is 17.8 Å². The number of fused-ring (bicyclic) bond motifs is 2. The third kappa shape index (κ3) is 3.05. The van der Waals surface area contributed by atoms with Gasteiger partial charge in [-0.3, -0.25) is 4.90 Å². The highest BCUT2D eigenvalue weighted by Gasteiger charge is 2.43. The second-order valence-corrected chi connectivity index (χ2v) is 8.27. The van der Waals surface area contributed by atoms with Crippen molar-refractivity contribution in [3.63, 3.8) is 0 Å². The number of hydrogen-bond donors (Lipinski definition) is 0. The van der Waals surface area contributed by atoms with Crippen LogP contribution in [-0.4, -0.2) is 39.9 Å². The zero-order chi connectivity index (χ0) is 20.1. The second kappa shape index (κ2) is 6.82. The molecule has 3 aromatic rings. The number of aromatic nitrogens is 2.